The van der Waals surface area contributed by atoms with Gasteiger partial charge in [0.15, 0.2) is 0 Å². The van der Waals surface area contributed by atoms with E-state index in [0.717, 1.165) is 11.3 Å². The first kappa shape index (κ1) is 17.2. The Balaban J connectivity index is 1.76. The van der Waals surface area contributed by atoms with Crippen molar-refractivity contribution >= 4 is 17.5 Å². The van der Waals surface area contributed by atoms with Crippen LogP contribution in [-0.2, 0) is 17.8 Å². The summed E-state index contributed by atoms with van der Waals surface area (Å²) in [6.07, 6.45) is 6.52. The summed E-state index contributed by atoms with van der Waals surface area (Å²) in [4.78, 5) is 28.3. The van der Waals surface area contributed by atoms with Gasteiger partial charge < -0.3 is 15.2 Å². The maximum atomic E-state index is 12.8. The molecular formula is C19H24N4O2. The number of nitrogens with one attached hydrogen (secondary N) is 2. The number of amides is 2. The highest BCUT2D eigenvalue weighted by Gasteiger charge is 2.27. The van der Waals surface area contributed by atoms with Crippen LogP contribution >= 0.6 is 0 Å². The number of hydrogen-bond acceptors (Lipinski definition) is 3. The number of benzene rings is 1. The number of rotatable bonds is 4. The number of anilines is 1. The zero-order valence-electron chi connectivity index (χ0n) is 14.9. The van der Waals surface area contributed by atoms with E-state index in [0.29, 0.717) is 24.9 Å². The highest BCUT2D eigenvalue weighted by Crippen LogP contribution is 2.25. The molecule has 0 saturated heterocycles. The van der Waals surface area contributed by atoms with Gasteiger partial charge in [-0.3, -0.25) is 9.59 Å². The molecule has 0 aliphatic carbocycles. The lowest BCUT2D eigenvalue weighted by molar-refractivity contribution is -0.116. The van der Waals surface area contributed by atoms with E-state index in [1.165, 1.54) is 0 Å². The molecule has 0 spiro atoms. The number of fused-ring (bicyclic) bond motifs is 1. The summed E-state index contributed by atoms with van der Waals surface area (Å²) in [5.41, 5.74) is 2.34. The Hall–Kier alpha value is -2.63. The van der Waals surface area contributed by atoms with Gasteiger partial charge in [-0.25, -0.2) is 4.98 Å². The van der Waals surface area contributed by atoms with Crippen molar-refractivity contribution in [3.8, 4) is 0 Å². The Bertz CT molecular complexity index is 775. The predicted octanol–water partition coefficient (Wildman–Crippen LogP) is 2.61. The molecule has 2 heterocycles. The molecule has 2 aromatic rings. The third kappa shape index (κ3) is 4.07. The highest BCUT2D eigenvalue weighted by atomic mass is 16.2. The Morgan fingerprint density at radius 1 is 1.36 bits per heavy atom. The number of carbonyl (C=O) groups is 2. The van der Waals surface area contributed by atoms with Crippen LogP contribution in [0.5, 0.6) is 0 Å². The SMILES string of the molecule is CC(C)(C)C(Cn1ccnc1)NC(=O)c1ccc2c(c1)CCC(=O)N2. The second-order valence-corrected chi connectivity index (χ2v) is 7.57. The largest absolute Gasteiger partial charge is 0.347 e. The fraction of sp³-hybridized carbons (Fsp3) is 0.421. The molecule has 1 atom stereocenters. The first-order valence-electron chi connectivity index (χ1n) is 8.52. The van der Waals surface area contributed by atoms with Crippen molar-refractivity contribution in [3.63, 3.8) is 0 Å². The average molecular weight is 340 g/mol. The van der Waals surface area contributed by atoms with Crippen LogP contribution in [0.2, 0.25) is 0 Å². The van der Waals surface area contributed by atoms with Gasteiger partial charge in [-0.15, -0.1) is 0 Å². The van der Waals surface area contributed by atoms with E-state index < -0.39 is 0 Å². The van der Waals surface area contributed by atoms with Crippen LogP contribution in [0.3, 0.4) is 0 Å². The minimum atomic E-state index is -0.0975. The van der Waals surface area contributed by atoms with E-state index in [9.17, 15) is 9.59 Å². The number of carbonyl (C=O) groups excluding carboxylic acids is 2. The fourth-order valence-corrected chi connectivity index (χ4v) is 2.91. The van der Waals surface area contributed by atoms with Crippen molar-refractivity contribution in [2.45, 2.75) is 46.2 Å². The van der Waals surface area contributed by atoms with Gasteiger partial charge in [-0.2, -0.15) is 0 Å². The van der Waals surface area contributed by atoms with E-state index in [4.69, 9.17) is 0 Å². The molecule has 2 amide bonds. The summed E-state index contributed by atoms with van der Waals surface area (Å²) in [6, 6.07) is 5.41. The zero-order chi connectivity index (χ0) is 18.0. The average Bonchev–Trinajstić information content (AvgIpc) is 3.06. The fourth-order valence-electron chi connectivity index (χ4n) is 2.91. The van der Waals surface area contributed by atoms with E-state index in [-0.39, 0.29) is 23.3 Å². The van der Waals surface area contributed by atoms with Crippen LogP contribution in [0, 0.1) is 5.41 Å². The molecule has 132 valence electrons. The molecule has 25 heavy (non-hydrogen) atoms. The lowest BCUT2D eigenvalue weighted by Crippen LogP contribution is -2.46. The predicted molar refractivity (Wildman–Crippen MR) is 96.3 cm³/mol. The van der Waals surface area contributed by atoms with Crippen molar-refractivity contribution in [2.75, 3.05) is 5.32 Å². The Morgan fingerprint density at radius 3 is 2.84 bits per heavy atom. The number of aromatic nitrogens is 2. The quantitative estimate of drug-likeness (QED) is 0.898. The maximum absolute atomic E-state index is 12.8. The van der Waals surface area contributed by atoms with Gasteiger partial charge in [-0.05, 0) is 35.6 Å². The number of hydrogen-bond donors (Lipinski definition) is 2. The molecule has 3 rings (SSSR count). The minimum absolute atomic E-state index is 0.0258. The molecule has 1 aromatic carbocycles. The lowest BCUT2D eigenvalue weighted by Gasteiger charge is -2.32. The van der Waals surface area contributed by atoms with Crippen molar-refractivity contribution in [2.24, 2.45) is 5.41 Å². The van der Waals surface area contributed by atoms with E-state index in [2.05, 4.69) is 36.4 Å². The molecule has 0 radical (unpaired) electrons. The third-order valence-corrected chi connectivity index (χ3v) is 4.57. The minimum Gasteiger partial charge on any atom is -0.347 e. The zero-order valence-corrected chi connectivity index (χ0v) is 14.9. The normalized spacial score (nSPS) is 15.2. The Kier molecular flexibility index (Phi) is 4.61. The second kappa shape index (κ2) is 6.70. The van der Waals surface area contributed by atoms with E-state index in [1.807, 2.05) is 22.9 Å². The number of imidazole rings is 1. The monoisotopic (exact) mass is 340 g/mol. The van der Waals surface area contributed by atoms with Crippen LogP contribution in [-0.4, -0.2) is 27.4 Å². The number of nitrogens with zero attached hydrogens (tertiary/aromatic N) is 2. The molecule has 1 aliphatic rings. The van der Waals surface area contributed by atoms with E-state index in [1.54, 1.807) is 18.6 Å². The number of aryl methyl sites for hydroxylation is 1. The summed E-state index contributed by atoms with van der Waals surface area (Å²) in [5, 5.41) is 5.99. The van der Waals surface area contributed by atoms with Crippen LogP contribution in [0.25, 0.3) is 0 Å². The van der Waals surface area contributed by atoms with Crippen molar-refractivity contribution in [1.29, 1.82) is 0 Å². The van der Waals surface area contributed by atoms with Gasteiger partial charge in [0, 0.05) is 36.6 Å². The molecular weight excluding hydrogens is 316 g/mol. The first-order valence-corrected chi connectivity index (χ1v) is 8.52. The highest BCUT2D eigenvalue weighted by molar-refractivity contribution is 5.98. The first-order chi connectivity index (χ1) is 11.8. The summed E-state index contributed by atoms with van der Waals surface area (Å²) < 4.78 is 1.97. The summed E-state index contributed by atoms with van der Waals surface area (Å²) in [5.74, 6) is -0.0717. The maximum Gasteiger partial charge on any atom is 0.251 e. The van der Waals surface area contributed by atoms with Crippen molar-refractivity contribution in [1.82, 2.24) is 14.9 Å². The molecule has 0 bridgehead atoms. The lowest BCUT2D eigenvalue weighted by atomic mass is 9.86. The molecule has 6 nitrogen and oxygen atoms in total. The smallest absolute Gasteiger partial charge is 0.251 e. The Morgan fingerprint density at radius 2 is 2.16 bits per heavy atom. The molecule has 2 N–H and O–H groups in total. The molecule has 1 unspecified atom stereocenters. The van der Waals surface area contributed by atoms with Crippen LogP contribution < -0.4 is 10.6 Å². The van der Waals surface area contributed by atoms with Crippen LogP contribution in [0.1, 0.15) is 43.1 Å². The molecule has 6 heteroatoms. The van der Waals surface area contributed by atoms with Gasteiger partial charge in [0.1, 0.15) is 0 Å². The summed E-state index contributed by atoms with van der Waals surface area (Å²) in [6.45, 7) is 6.99. The van der Waals surface area contributed by atoms with Crippen LogP contribution in [0.15, 0.2) is 36.9 Å². The second-order valence-electron chi connectivity index (χ2n) is 7.57. The molecule has 1 aromatic heterocycles. The summed E-state index contributed by atoms with van der Waals surface area (Å²) >= 11 is 0. The third-order valence-electron chi connectivity index (χ3n) is 4.57. The van der Waals surface area contributed by atoms with Gasteiger partial charge in [0.2, 0.25) is 5.91 Å². The van der Waals surface area contributed by atoms with Gasteiger partial charge in [0.25, 0.3) is 5.91 Å². The molecule has 0 fully saturated rings. The summed E-state index contributed by atoms with van der Waals surface area (Å²) in [7, 11) is 0. The van der Waals surface area contributed by atoms with Crippen molar-refractivity contribution in [3.05, 3.63) is 48.0 Å². The van der Waals surface area contributed by atoms with Gasteiger partial charge >= 0.3 is 0 Å². The van der Waals surface area contributed by atoms with Gasteiger partial charge in [0.05, 0.1) is 12.4 Å². The Labute approximate surface area is 147 Å². The van der Waals surface area contributed by atoms with Crippen LogP contribution in [0.4, 0.5) is 5.69 Å². The standard InChI is InChI=1S/C19H24N4O2/c1-19(2,3)16(11-23-9-8-20-12-23)22-18(25)14-4-6-15-13(10-14)5-7-17(24)21-15/h4,6,8-10,12,16H,5,7,11H2,1-3H3,(H,21,24)(H,22,25). The topological polar surface area (TPSA) is 76.0 Å². The van der Waals surface area contributed by atoms with Gasteiger partial charge in [-0.1, -0.05) is 20.8 Å². The van der Waals surface area contributed by atoms with E-state index >= 15 is 0 Å². The molecule has 1 aliphatic heterocycles. The molecule has 0 saturated carbocycles. The van der Waals surface area contributed by atoms with Crippen molar-refractivity contribution < 1.29 is 9.59 Å².